The fourth-order valence-electron chi connectivity index (χ4n) is 5.21. The summed E-state index contributed by atoms with van der Waals surface area (Å²) < 4.78 is 1.83. The van der Waals surface area contributed by atoms with Crippen LogP contribution >= 0.6 is 0 Å². The zero-order valence-electron chi connectivity index (χ0n) is 21.6. The van der Waals surface area contributed by atoms with Crippen molar-refractivity contribution in [1.82, 2.24) is 24.5 Å². The number of likely N-dealkylation sites (tertiary alicyclic amines) is 1. The van der Waals surface area contributed by atoms with E-state index in [0.29, 0.717) is 24.3 Å². The lowest BCUT2D eigenvalue weighted by Crippen LogP contribution is -2.45. The number of nitrogens with one attached hydrogen (secondary N) is 3. The molecule has 2 aromatic carbocycles. The first-order chi connectivity index (χ1) is 19.0. The Kier molecular flexibility index (Phi) is 6.32. The number of imidazole rings is 1. The Morgan fingerprint density at radius 1 is 1.13 bits per heavy atom. The lowest BCUT2D eigenvalue weighted by Gasteiger charge is -2.33. The van der Waals surface area contributed by atoms with Gasteiger partial charge in [-0.05, 0) is 62.2 Å². The van der Waals surface area contributed by atoms with E-state index >= 15 is 0 Å². The lowest BCUT2D eigenvalue weighted by molar-refractivity contribution is -0.111. The molecule has 0 spiro atoms. The Balaban J connectivity index is 1.23. The van der Waals surface area contributed by atoms with Crippen LogP contribution < -0.4 is 10.6 Å². The molecule has 3 aromatic heterocycles. The number of H-pyrrole nitrogens is 1. The van der Waals surface area contributed by atoms with Crippen LogP contribution in [0.25, 0.3) is 27.7 Å². The number of amides is 2. The molecule has 196 valence electrons. The van der Waals surface area contributed by atoms with Crippen molar-refractivity contribution in [3.63, 3.8) is 0 Å². The number of aryl methyl sites for hydroxylation is 1. The molecule has 0 aliphatic carbocycles. The number of nitrogens with zero attached hydrogens (tertiary/aromatic N) is 4. The molecule has 3 N–H and O–H groups in total. The maximum Gasteiger partial charge on any atom is 0.253 e. The molecular weight excluding hydrogens is 490 g/mol. The normalized spacial score (nSPS) is 15.4. The van der Waals surface area contributed by atoms with Crippen LogP contribution in [0.1, 0.15) is 28.9 Å². The highest BCUT2D eigenvalue weighted by atomic mass is 16.2. The average Bonchev–Trinajstić information content (AvgIpc) is 3.55. The van der Waals surface area contributed by atoms with Gasteiger partial charge in [0.05, 0.1) is 11.9 Å². The topological polar surface area (TPSA) is 107 Å². The predicted molar refractivity (Wildman–Crippen MR) is 153 cm³/mol. The fourth-order valence-corrected chi connectivity index (χ4v) is 5.21. The summed E-state index contributed by atoms with van der Waals surface area (Å²) in [5.74, 6) is 0.419. The molecule has 1 atom stereocenters. The van der Waals surface area contributed by atoms with Crippen LogP contribution in [0, 0.1) is 6.92 Å². The standard InChI is InChI=1S/C30H29N7O2/c1-3-28(38)34-21-12-10-20(11-13-21)30(39)36-14-6-7-22(18-36)33-27-15-24(29-32-19(2)17-37(29)35-27)25-16-31-26-9-5-4-8-23(25)26/h3-5,8-13,15-17,22,31H,1,6-7,14,18H2,2H3,(H,33,35)(H,34,38). The Bertz CT molecular complexity index is 1700. The molecule has 39 heavy (non-hydrogen) atoms. The molecule has 1 unspecified atom stereocenters. The number of aromatic amines is 1. The van der Waals surface area contributed by atoms with Crippen LogP contribution in [-0.2, 0) is 4.79 Å². The number of hydrogen-bond acceptors (Lipinski definition) is 5. The van der Waals surface area contributed by atoms with E-state index in [9.17, 15) is 9.59 Å². The van der Waals surface area contributed by atoms with Crippen molar-refractivity contribution in [2.45, 2.75) is 25.8 Å². The molecule has 9 heteroatoms. The summed E-state index contributed by atoms with van der Waals surface area (Å²) in [7, 11) is 0. The Morgan fingerprint density at radius 3 is 2.77 bits per heavy atom. The number of carbonyl (C=O) groups is 2. The summed E-state index contributed by atoms with van der Waals surface area (Å²) in [6, 6.07) is 17.3. The van der Waals surface area contributed by atoms with Gasteiger partial charge >= 0.3 is 0 Å². The molecule has 9 nitrogen and oxygen atoms in total. The molecule has 5 aromatic rings. The number of aromatic nitrogens is 4. The van der Waals surface area contributed by atoms with Gasteiger partial charge in [-0.3, -0.25) is 9.59 Å². The van der Waals surface area contributed by atoms with Gasteiger partial charge < -0.3 is 20.5 Å². The van der Waals surface area contributed by atoms with Crippen molar-refractivity contribution in [2.24, 2.45) is 0 Å². The van der Waals surface area contributed by atoms with E-state index in [1.54, 1.807) is 24.3 Å². The Hall–Kier alpha value is -4.92. The molecule has 0 bridgehead atoms. The zero-order chi connectivity index (χ0) is 26.9. The number of carbonyl (C=O) groups excluding carboxylic acids is 2. The number of para-hydroxylation sites is 1. The quantitative estimate of drug-likeness (QED) is 0.273. The zero-order valence-corrected chi connectivity index (χ0v) is 21.6. The molecule has 1 saturated heterocycles. The summed E-state index contributed by atoms with van der Waals surface area (Å²) in [6.45, 7) is 6.68. The molecule has 1 aliphatic rings. The maximum absolute atomic E-state index is 13.3. The van der Waals surface area contributed by atoms with Crippen molar-refractivity contribution >= 4 is 39.9 Å². The molecule has 4 heterocycles. The third-order valence-corrected chi connectivity index (χ3v) is 7.07. The highest BCUT2D eigenvalue weighted by molar-refractivity contribution is 6.00. The second-order valence-electron chi connectivity index (χ2n) is 9.85. The van der Waals surface area contributed by atoms with Gasteiger partial charge in [0.1, 0.15) is 5.82 Å². The van der Waals surface area contributed by atoms with Crippen LogP contribution in [0.4, 0.5) is 11.5 Å². The summed E-state index contributed by atoms with van der Waals surface area (Å²) in [6.07, 6.45) is 6.98. The number of piperidine rings is 1. The monoisotopic (exact) mass is 519 g/mol. The van der Waals surface area contributed by atoms with Gasteiger partial charge in [-0.15, -0.1) is 5.10 Å². The molecule has 2 amide bonds. The van der Waals surface area contributed by atoms with E-state index in [4.69, 9.17) is 10.1 Å². The van der Waals surface area contributed by atoms with Gasteiger partial charge in [0.2, 0.25) is 5.91 Å². The first kappa shape index (κ1) is 24.4. The summed E-state index contributed by atoms with van der Waals surface area (Å²) in [5.41, 5.74) is 6.03. The average molecular weight is 520 g/mol. The van der Waals surface area contributed by atoms with E-state index in [1.807, 2.05) is 40.9 Å². The predicted octanol–water partition coefficient (Wildman–Crippen LogP) is 5.03. The van der Waals surface area contributed by atoms with Crippen LogP contribution in [-0.4, -0.2) is 55.4 Å². The second-order valence-corrected chi connectivity index (χ2v) is 9.85. The number of fused-ring (bicyclic) bond motifs is 2. The molecule has 6 rings (SSSR count). The van der Waals surface area contributed by atoms with Gasteiger partial charge in [0.15, 0.2) is 5.65 Å². The fraction of sp³-hybridized carbons (Fsp3) is 0.200. The Labute approximate surface area is 225 Å². The van der Waals surface area contributed by atoms with Crippen LogP contribution in [0.5, 0.6) is 0 Å². The Morgan fingerprint density at radius 2 is 1.95 bits per heavy atom. The minimum atomic E-state index is -0.287. The lowest BCUT2D eigenvalue weighted by atomic mass is 10.0. The van der Waals surface area contributed by atoms with Crippen LogP contribution in [0.15, 0.2) is 79.6 Å². The SMILES string of the molecule is C=CC(=O)Nc1ccc(C(=O)N2CCCC(Nc3cc(-c4c[nH]c5ccccc45)c4nc(C)cn4n3)C2)cc1. The van der Waals surface area contributed by atoms with E-state index < -0.39 is 0 Å². The largest absolute Gasteiger partial charge is 0.364 e. The third-order valence-electron chi connectivity index (χ3n) is 7.07. The van der Waals surface area contributed by atoms with Crippen molar-refractivity contribution in [1.29, 1.82) is 0 Å². The minimum Gasteiger partial charge on any atom is -0.364 e. The first-order valence-electron chi connectivity index (χ1n) is 13.0. The molecule has 0 radical (unpaired) electrons. The summed E-state index contributed by atoms with van der Waals surface area (Å²) in [5, 5.41) is 12.2. The van der Waals surface area contributed by atoms with Crippen molar-refractivity contribution in [2.75, 3.05) is 23.7 Å². The number of benzene rings is 2. The van der Waals surface area contributed by atoms with Gasteiger partial charge in [0.25, 0.3) is 5.91 Å². The summed E-state index contributed by atoms with van der Waals surface area (Å²) >= 11 is 0. The first-order valence-corrected chi connectivity index (χ1v) is 13.0. The number of anilines is 2. The smallest absolute Gasteiger partial charge is 0.253 e. The van der Waals surface area contributed by atoms with Crippen LogP contribution in [0.2, 0.25) is 0 Å². The van der Waals surface area contributed by atoms with E-state index in [-0.39, 0.29) is 17.9 Å². The summed E-state index contributed by atoms with van der Waals surface area (Å²) in [4.78, 5) is 34.8. The van der Waals surface area contributed by atoms with Gasteiger partial charge in [0, 0.05) is 58.6 Å². The van der Waals surface area contributed by atoms with Crippen molar-refractivity contribution < 1.29 is 9.59 Å². The highest BCUT2D eigenvalue weighted by Crippen LogP contribution is 2.33. The highest BCUT2D eigenvalue weighted by Gasteiger charge is 2.25. The second kappa shape index (κ2) is 10.1. The maximum atomic E-state index is 13.3. The number of hydrogen-bond donors (Lipinski definition) is 3. The van der Waals surface area contributed by atoms with E-state index in [1.165, 1.54) is 6.08 Å². The van der Waals surface area contributed by atoms with E-state index in [0.717, 1.165) is 52.0 Å². The minimum absolute atomic E-state index is 0.0313. The van der Waals surface area contributed by atoms with Gasteiger partial charge in [-0.25, -0.2) is 9.50 Å². The molecular formula is C30H29N7O2. The number of rotatable bonds is 6. The molecule has 1 aliphatic heterocycles. The van der Waals surface area contributed by atoms with Gasteiger partial charge in [-0.2, -0.15) is 0 Å². The van der Waals surface area contributed by atoms with Crippen LogP contribution in [0.3, 0.4) is 0 Å². The van der Waals surface area contributed by atoms with Gasteiger partial charge in [-0.1, -0.05) is 24.8 Å². The molecule has 1 fully saturated rings. The van der Waals surface area contributed by atoms with Crippen molar-refractivity contribution in [3.05, 3.63) is 90.9 Å². The van der Waals surface area contributed by atoms with E-state index in [2.05, 4.69) is 40.4 Å². The molecule has 0 saturated carbocycles. The third kappa shape index (κ3) is 4.86. The van der Waals surface area contributed by atoms with Crippen molar-refractivity contribution in [3.8, 4) is 11.1 Å².